The summed E-state index contributed by atoms with van der Waals surface area (Å²) < 4.78 is 1.13. The third kappa shape index (κ3) is 7.30. The smallest absolute Gasteiger partial charge is 0.136 e. The highest BCUT2D eigenvalue weighted by atomic mass is 32.2. The molecular formula is C14H27NS2. The summed E-state index contributed by atoms with van der Waals surface area (Å²) in [5.41, 5.74) is 0. The number of nitrogens with zero attached hydrogens (tertiary/aromatic N) is 1. The maximum absolute atomic E-state index is 5.29. The highest BCUT2D eigenvalue weighted by Gasteiger charge is 2.15. The molecule has 1 aliphatic rings. The number of hydrogen-bond acceptors (Lipinski definition) is 2. The summed E-state index contributed by atoms with van der Waals surface area (Å²) in [6, 6.07) is 0. The van der Waals surface area contributed by atoms with Gasteiger partial charge in [-0.15, -0.1) is 0 Å². The van der Waals surface area contributed by atoms with E-state index in [2.05, 4.69) is 11.8 Å². The first-order chi connectivity index (χ1) is 8.34. The van der Waals surface area contributed by atoms with Crippen LogP contribution in [0.3, 0.4) is 0 Å². The van der Waals surface area contributed by atoms with Crippen LogP contribution in [0, 0.1) is 0 Å². The van der Waals surface area contributed by atoms with Crippen molar-refractivity contribution in [3.63, 3.8) is 0 Å². The van der Waals surface area contributed by atoms with E-state index in [4.69, 9.17) is 12.2 Å². The van der Waals surface area contributed by atoms with Gasteiger partial charge in [-0.25, -0.2) is 0 Å². The maximum atomic E-state index is 5.29. The van der Waals surface area contributed by atoms with E-state index in [0.29, 0.717) is 0 Å². The van der Waals surface area contributed by atoms with Crippen LogP contribution >= 0.6 is 24.0 Å². The Balaban J connectivity index is 1.80. The van der Waals surface area contributed by atoms with Crippen LogP contribution in [-0.4, -0.2) is 28.1 Å². The first-order valence-electron chi connectivity index (χ1n) is 7.26. The molecule has 0 radical (unpaired) electrons. The monoisotopic (exact) mass is 273 g/mol. The molecule has 100 valence electrons. The lowest BCUT2D eigenvalue weighted by Gasteiger charge is -2.16. The molecule has 0 N–H and O–H groups in total. The molecule has 0 spiro atoms. The molecular weight excluding hydrogens is 246 g/mol. The first kappa shape index (κ1) is 15.3. The minimum absolute atomic E-state index is 1.13. The molecule has 3 heteroatoms. The fourth-order valence-corrected chi connectivity index (χ4v) is 3.53. The molecule has 1 rings (SSSR count). The van der Waals surface area contributed by atoms with Gasteiger partial charge in [-0.05, 0) is 6.42 Å². The lowest BCUT2D eigenvalue weighted by molar-refractivity contribution is 0.438. The summed E-state index contributed by atoms with van der Waals surface area (Å²) in [4.78, 5) is 2.38. The molecule has 0 atom stereocenters. The Morgan fingerprint density at radius 3 is 2.12 bits per heavy atom. The molecule has 0 aliphatic carbocycles. The Morgan fingerprint density at radius 2 is 1.59 bits per heavy atom. The molecule has 1 heterocycles. The van der Waals surface area contributed by atoms with Crippen molar-refractivity contribution in [2.75, 3.05) is 18.8 Å². The van der Waals surface area contributed by atoms with Gasteiger partial charge in [0, 0.05) is 18.8 Å². The van der Waals surface area contributed by atoms with Crippen molar-refractivity contribution in [2.24, 2.45) is 0 Å². The van der Waals surface area contributed by atoms with Crippen molar-refractivity contribution in [1.29, 1.82) is 0 Å². The van der Waals surface area contributed by atoms with E-state index in [9.17, 15) is 0 Å². The fraction of sp³-hybridized carbons (Fsp3) is 0.929. The van der Waals surface area contributed by atoms with Gasteiger partial charge in [0.1, 0.15) is 4.32 Å². The van der Waals surface area contributed by atoms with Crippen LogP contribution in [0.15, 0.2) is 0 Å². The predicted molar refractivity (Wildman–Crippen MR) is 83.9 cm³/mol. The highest BCUT2D eigenvalue weighted by molar-refractivity contribution is 8.23. The zero-order valence-electron chi connectivity index (χ0n) is 11.2. The highest BCUT2D eigenvalue weighted by Crippen LogP contribution is 2.18. The number of hydrogen-bond donors (Lipinski definition) is 0. The molecule has 17 heavy (non-hydrogen) atoms. The van der Waals surface area contributed by atoms with Crippen molar-refractivity contribution in [3.8, 4) is 0 Å². The van der Waals surface area contributed by atoms with E-state index >= 15 is 0 Å². The van der Waals surface area contributed by atoms with Crippen LogP contribution in [0.1, 0.15) is 64.7 Å². The Morgan fingerprint density at radius 1 is 1.00 bits per heavy atom. The van der Waals surface area contributed by atoms with Crippen LogP contribution in [0.2, 0.25) is 0 Å². The summed E-state index contributed by atoms with van der Waals surface area (Å²) in [5, 5.41) is 0. The van der Waals surface area contributed by atoms with Gasteiger partial charge in [0.2, 0.25) is 0 Å². The number of rotatable bonds is 10. The van der Waals surface area contributed by atoms with Gasteiger partial charge in [-0.3, -0.25) is 0 Å². The summed E-state index contributed by atoms with van der Waals surface area (Å²) in [6.45, 7) is 4.66. The Labute approximate surface area is 117 Å². The van der Waals surface area contributed by atoms with Crippen molar-refractivity contribution in [3.05, 3.63) is 0 Å². The van der Waals surface area contributed by atoms with Gasteiger partial charge < -0.3 is 4.90 Å². The second kappa shape index (κ2) is 10.2. The van der Waals surface area contributed by atoms with E-state index < -0.39 is 0 Å². The number of unbranched alkanes of at least 4 members (excludes halogenated alkanes) is 8. The van der Waals surface area contributed by atoms with Crippen molar-refractivity contribution in [1.82, 2.24) is 4.90 Å². The minimum Gasteiger partial charge on any atom is -0.357 e. The van der Waals surface area contributed by atoms with E-state index in [1.165, 1.54) is 76.6 Å². The first-order valence-corrected chi connectivity index (χ1v) is 8.65. The van der Waals surface area contributed by atoms with Crippen LogP contribution in [0.4, 0.5) is 0 Å². The molecule has 0 unspecified atom stereocenters. The van der Waals surface area contributed by atoms with E-state index in [1.54, 1.807) is 0 Å². The second-order valence-electron chi connectivity index (χ2n) is 4.93. The van der Waals surface area contributed by atoms with E-state index in [1.807, 2.05) is 11.8 Å². The van der Waals surface area contributed by atoms with Crippen molar-refractivity contribution >= 4 is 28.3 Å². The zero-order chi connectivity index (χ0) is 12.3. The largest absolute Gasteiger partial charge is 0.357 e. The van der Waals surface area contributed by atoms with Gasteiger partial charge in [0.15, 0.2) is 0 Å². The Bertz CT molecular complexity index is 206. The average molecular weight is 274 g/mol. The topological polar surface area (TPSA) is 3.24 Å². The standard InChI is InChI=1S/C14H27NS2/c1-2-3-4-5-6-7-8-9-10-11-15-12-13-17-14(15)16/h2-13H2,1H3. The maximum Gasteiger partial charge on any atom is 0.136 e. The molecule has 0 aromatic rings. The van der Waals surface area contributed by atoms with E-state index in [-0.39, 0.29) is 0 Å². The summed E-state index contributed by atoms with van der Waals surface area (Å²) >= 11 is 7.13. The SMILES string of the molecule is CCCCCCCCCCCN1CCSC1=S. The van der Waals surface area contributed by atoms with Gasteiger partial charge >= 0.3 is 0 Å². The zero-order valence-corrected chi connectivity index (χ0v) is 12.9. The molecule has 0 saturated carbocycles. The minimum atomic E-state index is 1.13. The summed E-state index contributed by atoms with van der Waals surface area (Å²) in [5.74, 6) is 1.20. The second-order valence-corrected chi connectivity index (χ2v) is 6.66. The number of thiocarbonyl (C=S) groups is 1. The molecule has 1 fully saturated rings. The predicted octanol–water partition coefficient (Wildman–Crippen LogP) is 4.85. The van der Waals surface area contributed by atoms with Crippen LogP contribution < -0.4 is 0 Å². The Kier molecular flexibility index (Phi) is 9.17. The quantitative estimate of drug-likeness (QED) is 0.414. The van der Waals surface area contributed by atoms with Crippen LogP contribution in [0.5, 0.6) is 0 Å². The molecule has 0 aromatic carbocycles. The molecule has 1 saturated heterocycles. The lowest BCUT2D eigenvalue weighted by Crippen LogP contribution is -2.23. The van der Waals surface area contributed by atoms with Crippen molar-refractivity contribution < 1.29 is 0 Å². The van der Waals surface area contributed by atoms with E-state index in [0.717, 1.165) is 4.32 Å². The van der Waals surface area contributed by atoms with Crippen LogP contribution in [-0.2, 0) is 0 Å². The molecule has 1 nitrogen and oxygen atoms in total. The summed E-state index contributed by atoms with van der Waals surface area (Å²) in [7, 11) is 0. The molecule has 1 aliphatic heterocycles. The molecule has 0 aromatic heterocycles. The van der Waals surface area contributed by atoms with Gasteiger partial charge in [-0.2, -0.15) is 0 Å². The van der Waals surface area contributed by atoms with Crippen molar-refractivity contribution in [2.45, 2.75) is 64.7 Å². The van der Waals surface area contributed by atoms with Gasteiger partial charge in [-0.1, -0.05) is 82.3 Å². The lowest BCUT2D eigenvalue weighted by atomic mass is 10.1. The number of thioether (sulfide) groups is 1. The third-order valence-corrected chi connectivity index (χ3v) is 4.88. The van der Waals surface area contributed by atoms with Gasteiger partial charge in [0.05, 0.1) is 0 Å². The fourth-order valence-electron chi connectivity index (χ4n) is 2.24. The molecule has 0 bridgehead atoms. The van der Waals surface area contributed by atoms with Crippen LogP contribution in [0.25, 0.3) is 0 Å². The van der Waals surface area contributed by atoms with Gasteiger partial charge in [0.25, 0.3) is 0 Å². The Hall–Kier alpha value is 0.240. The normalized spacial score (nSPS) is 15.8. The third-order valence-electron chi connectivity index (χ3n) is 3.38. The molecule has 0 amide bonds. The average Bonchev–Trinajstić information content (AvgIpc) is 2.73. The summed E-state index contributed by atoms with van der Waals surface area (Å²) in [6.07, 6.45) is 12.7.